The number of nitrogens with zero attached hydrogens (tertiary/aromatic N) is 5. The number of likely N-dealkylation sites (tertiary alicyclic amines) is 1. The van der Waals surface area contributed by atoms with E-state index in [0.29, 0.717) is 30.4 Å². The average molecular weight is 495 g/mol. The van der Waals surface area contributed by atoms with Gasteiger partial charge in [-0.2, -0.15) is 9.61 Å². The van der Waals surface area contributed by atoms with Crippen LogP contribution < -0.4 is 5.32 Å². The number of aromatic nitrogens is 4. The van der Waals surface area contributed by atoms with Crippen LogP contribution >= 0.6 is 0 Å². The Balaban J connectivity index is 1.37. The van der Waals surface area contributed by atoms with Gasteiger partial charge < -0.3 is 19.9 Å². The number of nitrogens with one attached hydrogen (secondary N) is 1. The fourth-order valence-corrected chi connectivity index (χ4v) is 5.21. The standard InChI is InChI=1S/C28H26N6O3/c1-32-13-12-20-23(8-5-9-24(20)32)31-26-21(16-29-25-22(28(36)37)17-30-34(25)26)27(35)33-14-10-19(11-15-33)18-6-3-2-4-7-18/h2-9,12-13,16-17,19,31H,10-11,14-15H2,1H3,(H,36,37). The minimum Gasteiger partial charge on any atom is -0.477 e. The zero-order valence-corrected chi connectivity index (χ0v) is 20.3. The van der Waals surface area contributed by atoms with Crippen molar-refractivity contribution >= 4 is 39.9 Å². The maximum absolute atomic E-state index is 13.8. The van der Waals surface area contributed by atoms with Gasteiger partial charge in [0.15, 0.2) is 5.65 Å². The molecule has 0 unspecified atom stereocenters. The maximum atomic E-state index is 13.8. The first-order valence-corrected chi connectivity index (χ1v) is 12.3. The summed E-state index contributed by atoms with van der Waals surface area (Å²) in [7, 11) is 1.97. The van der Waals surface area contributed by atoms with Gasteiger partial charge in [-0.1, -0.05) is 36.4 Å². The molecule has 2 aromatic carbocycles. The summed E-state index contributed by atoms with van der Waals surface area (Å²) in [6.07, 6.45) is 6.45. The Morgan fingerprint density at radius 2 is 1.76 bits per heavy atom. The molecular formula is C28H26N6O3. The molecule has 2 N–H and O–H groups in total. The van der Waals surface area contributed by atoms with Gasteiger partial charge in [-0.25, -0.2) is 9.78 Å². The van der Waals surface area contributed by atoms with Crippen molar-refractivity contribution in [3.05, 3.63) is 89.9 Å². The lowest BCUT2D eigenvalue weighted by molar-refractivity contribution is 0.0695. The molecule has 0 bridgehead atoms. The molecule has 0 radical (unpaired) electrons. The molecule has 3 aromatic heterocycles. The minimum atomic E-state index is -1.12. The first-order valence-electron chi connectivity index (χ1n) is 12.3. The van der Waals surface area contributed by atoms with Crippen molar-refractivity contribution in [3.63, 3.8) is 0 Å². The van der Waals surface area contributed by atoms with Crippen LogP contribution in [-0.2, 0) is 7.05 Å². The zero-order valence-electron chi connectivity index (χ0n) is 20.3. The predicted molar refractivity (Wildman–Crippen MR) is 140 cm³/mol. The smallest absolute Gasteiger partial charge is 0.341 e. The molecule has 5 aromatic rings. The monoisotopic (exact) mass is 494 g/mol. The number of carboxylic acids is 1. The normalized spacial score (nSPS) is 14.4. The molecule has 9 nitrogen and oxygen atoms in total. The number of carboxylic acid groups (broad SMARTS) is 1. The summed E-state index contributed by atoms with van der Waals surface area (Å²) in [5.74, 6) is -0.468. The summed E-state index contributed by atoms with van der Waals surface area (Å²) in [5.41, 5.74) is 3.61. The van der Waals surface area contributed by atoms with E-state index in [1.807, 2.05) is 53.0 Å². The third-order valence-corrected chi connectivity index (χ3v) is 7.22. The minimum absolute atomic E-state index is 0.0244. The molecule has 1 aliphatic heterocycles. The van der Waals surface area contributed by atoms with Gasteiger partial charge in [-0.05, 0) is 42.5 Å². The lowest BCUT2D eigenvalue weighted by Crippen LogP contribution is -2.38. The third-order valence-electron chi connectivity index (χ3n) is 7.22. The van der Waals surface area contributed by atoms with Gasteiger partial charge in [0.1, 0.15) is 16.9 Å². The maximum Gasteiger partial charge on any atom is 0.341 e. The molecular weight excluding hydrogens is 468 g/mol. The van der Waals surface area contributed by atoms with Crippen LogP contribution in [0.3, 0.4) is 0 Å². The molecule has 6 rings (SSSR count). The number of aryl methyl sites for hydroxylation is 1. The van der Waals surface area contributed by atoms with E-state index in [9.17, 15) is 14.7 Å². The van der Waals surface area contributed by atoms with Crippen LogP contribution in [0.5, 0.6) is 0 Å². The molecule has 0 saturated carbocycles. The SMILES string of the molecule is Cn1ccc2c(Nc3c(C(=O)N4CCC(c5ccccc5)CC4)cnc4c(C(=O)O)cnn34)cccc21. The molecule has 1 fully saturated rings. The molecule has 9 heteroatoms. The molecule has 37 heavy (non-hydrogen) atoms. The summed E-state index contributed by atoms with van der Waals surface area (Å²) >= 11 is 0. The van der Waals surface area contributed by atoms with Crippen LogP contribution in [-0.4, -0.2) is 54.1 Å². The molecule has 1 saturated heterocycles. The highest BCUT2D eigenvalue weighted by atomic mass is 16.4. The number of fused-ring (bicyclic) bond motifs is 2. The quantitative estimate of drug-likeness (QED) is 0.368. The Labute approximate surface area is 213 Å². The summed E-state index contributed by atoms with van der Waals surface area (Å²) in [4.78, 5) is 31.7. The Bertz CT molecular complexity index is 1630. The van der Waals surface area contributed by atoms with Gasteiger partial charge in [-0.15, -0.1) is 0 Å². The van der Waals surface area contributed by atoms with Gasteiger partial charge in [0.05, 0.1) is 6.20 Å². The molecule has 1 aliphatic rings. The van der Waals surface area contributed by atoms with E-state index in [1.54, 1.807) is 0 Å². The van der Waals surface area contributed by atoms with Gasteiger partial charge >= 0.3 is 5.97 Å². The second-order valence-electron chi connectivity index (χ2n) is 9.39. The second kappa shape index (κ2) is 9.09. The Morgan fingerprint density at radius 3 is 2.51 bits per heavy atom. The fourth-order valence-electron chi connectivity index (χ4n) is 5.21. The van der Waals surface area contributed by atoms with Crippen LogP contribution in [0.2, 0.25) is 0 Å². The highest BCUT2D eigenvalue weighted by molar-refractivity contribution is 6.02. The highest BCUT2D eigenvalue weighted by Crippen LogP contribution is 2.32. The zero-order chi connectivity index (χ0) is 25.5. The molecule has 1 amide bonds. The van der Waals surface area contributed by atoms with E-state index in [0.717, 1.165) is 29.4 Å². The fraction of sp³-hybridized carbons (Fsp3) is 0.214. The third kappa shape index (κ3) is 3.98. The van der Waals surface area contributed by atoms with Crippen molar-refractivity contribution in [2.24, 2.45) is 7.05 Å². The number of carbonyl (C=O) groups is 2. The lowest BCUT2D eigenvalue weighted by Gasteiger charge is -2.32. The molecule has 4 heterocycles. The largest absolute Gasteiger partial charge is 0.477 e. The number of aromatic carboxylic acids is 1. The number of rotatable bonds is 5. The topological polar surface area (TPSA) is 105 Å². The number of anilines is 2. The van der Waals surface area contributed by atoms with Crippen LogP contribution in [0.4, 0.5) is 11.5 Å². The van der Waals surface area contributed by atoms with Crippen LogP contribution in [0.1, 0.15) is 45.0 Å². The molecule has 0 aliphatic carbocycles. The van der Waals surface area contributed by atoms with E-state index in [1.165, 1.54) is 22.5 Å². The molecule has 0 spiro atoms. The van der Waals surface area contributed by atoms with Gasteiger partial charge in [-0.3, -0.25) is 4.79 Å². The predicted octanol–water partition coefficient (Wildman–Crippen LogP) is 4.68. The van der Waals surface area contributed by atoms with Crippen molar-refractivity contribution in [2.75, 3.05) is 18.4 Å². The average Bonchev–Trinajstić information content (AvgIpc) is 3.54. The summed E-state index contributed by atoms with van der Waals surface area (Å²) < 4.78 is 3.43. The Hall–Kier alpha value is -4.66. The van der Waals surface area contributed by atoms with Crippen molar-refractivity contribution in [3.8, 4) is 0 Å². The van der Waals surface area contributed by atoms with Crippen molar-refractivity contribution in [2.45, 2.75) is 18.8 Å². The Kier molecular flexibility index (Phi) is 5.60. The Morgan fingerprint density at radius 1 is 0.973 bits per heavy atom. The van der Waals surface area contributed by atoms with E-state index in [4.69, 9.17) is 0 Å². The second-order valence-corrected chi connectivity index (χ2v) is 9.39. The van der Waals surface area contributed by atoms with E-state index < -0.39 is 5.97 Å². The van der Waals surface area contributed by atoms with Crippen LogP contribution in [0.25, 0.3) is 16.6 Å². The summed E-state index contributed by atoms with van der Waals surface area (Å²) in [6.45, 7) is 1.26. The van der Waals surface area contributed by atoms with Crippen molar-refractivity contribution in [1.82, 2.24) is 24.1 Å². The number of benzene rings is 2. The van der Waals surface area contributed by atoms with E-state index >= 15 is 0 Å². The van der Waals surface area contributed by atoms with Crippen molar-refractivity contribution < 1.29 is 14.7 Å². The number of amides is 1. The number of hydrogen-bond acceptors (Lipinski definition) is 5. The summed E-state index contributed by atoms with van der Waals surface area (Å²) in [6, 6.07) is 18.3. The molecule has 0 atom stereocenters. The first-order chi connectivity index (χ1) is 18.0. The van der Waals surface area contributed by atoms with Gasteiger partial charge in [0.25, 0.3) is 5.91 Å². The van der Waals surface area contributed by atoms with Crippen LogP contribution in [0, 0.1) is 0 Å². The van der Waals surface area contributed by atoms with Crippen LogP contribution in [0.15, 0.2) is 73.2 Å². The first kappa shape index (κ1) is 22.8. The van der Waals surface area contributed by atoms with Gasteiger partial charge in [0.2, 0.25) is 0 Å². The van der Waals surface area contributed by atoms with Crippen molar-refractivity contribution in [1.29, 1.82) is 0 Å². The highest BCUT2D eigenvalue weighted by Gasteiger charge is 2.28. The molecule has 186 valence electrons. The lowest BCUT2D eigenvalue weighted by atomic mass is 9.89. The van der Waals surface area contributed by atoms with E-state index in [-0.39, 0.29) is 17.1 Å². The number of carbonyl (C=O) groups excluding carboxylic acids is 1. The van der Waals surface area contributed by atoms with E-state index in [2.05, 4.69) is 39.7 Å². The number of hydrogen-bond donors (Lipinski definition) is 2. The van der Waals surface area contributed by atoms with Gasteiger partial charge in [0, 0.05) is 49.1 Å². The summed E-state index contributed by atoms with van der Waals surface area (Å²) in [5, 5.41) is 18.3. The number of piperidine rings is 1.